The second kappa shape index (κ2) is 2.91. The van der Waals surface area contributed by atoms with Gasteiger partial charge in [-0.05, 0) is 24.8 Å². The van der Waals surface area contributed by atoms with E-state index in [1.807, 2.05) is 25.1 Å². The monoisotopic (exact) mass is 198 g/mol. The van der Waals surface area contributed by atoms with Crippen molar-refractivity contribution < 1.29 is 9.13 Å². The number of hydrogen-bond acceptors (Lipinski definition) is 2. The molecule has 3 heteroatoms. The van der Waals surface area contributed by atoms with Crippen LogP contribution < -0.4 is 4.74 Å². The first-order chi connectivity index (χ1) is 6.13. The highest BCUT2D eigenvalue weighted by Crippen LogP contribution is 2.41. The van der Waals surface area contributed by atoms with Crippen molar-refractivity contribution in [3.05, 3.63) is 29.3 Å². The highest BCUT2D eigenvalue weighted by atomic mass is 32.2. The second-order valence-corrected chi connectivity index (χ2v) is 4.27. The summed E-state index contributed by atoms with van der Waals surface area (Å²) in [6, 6.07) is 5.80. The highest BCUT2D eigenvalue weighted by Gasteiger charge is 2.38. The van der Waals surface area contributed by atoms with Crippen LogP contribution in [0.3, 0.4) is 0 Å². The molecule has 70 valence electrons. The third-order valence-corrected chi connectivity index (χ3v) is 3.03. The number of thioether (sulfide) groups is 1. The highest BCUT2D eigenvalue weighted by molar-refractivity contribution is 7.99. The number of benzene rings is 1. The summed E-state index contributed by atoms with van der Waals surface area (Å²) < 4.78 is 18.9. The predicted molar refractivity (Wildman–Crippen MR) is 52.9 cm³/mol. The van der Waals surface area contributed by atoms with Crippen molar-refractivity contribution in [2.24, 2.45) is 0 Å². The van der Waals surface area contributed by atoms with Crippen molar-refractivity contribution in [3.8, 4) is 5.75 Å². The molecule has 1 heterocycles. The molecule has 0 radical (unpaired) electrons. The summed E-state index contributed by atoms with van der Waals surface area (Å²) in [4.78, 5) is 0. The Morgan fingerprint density at radius 3 is 3.00 bits per heavy atom. The number of fused-ring (bicyclic) bond motifs is 1. The quantitative estimate of drug-likeness (QED) is 0.686. The van der Waals surface area contributed by atoms with E-state index < -0.39 is 5.19 Å². The summed E-state index contributed by atoms with van der Waals surface area (Å²) in [6.45, 7) is 1.97. The standard InChI is InChI=1S/C10H11FOS/c1-7-3-4-8-6-10(11,13-2)12-9(8)5-7/h3-5H,6H2,1-2H3. The van der Waals surface area contributed by atoms with Gasteiger partial charge in [0.25, 0.3) is 0 Å². The summed E-state index contributed by atoms with van der Waals surface area (Å²) in [6.07, 6.45) is 2.07. The van der Waals surface area contributed by atoms with Crippen molar-refractivity contribution in [2.75, 3.05) is 6.26 Å². The Kier molecular flexibility index (Phi) is 1.99. The third kappa shape index (κ3) is 1.53. The Morgan fingerprint density at radius 1 is 1.54 bits per heavy atom. The summed E-state index contributed by atoms with van der Waals surface area (Å²) in [5, 5.41) is -1.55. The smallest absolute Gasteiger partial charge is 0.300 e. The predicted octanol–water partition coefficient (Wildman–Crippen LogP) is 2.92. The molecule has 0 spiro atoms. The molecule has 1 atom stereocenters. The SMILES string of the molecule is CSC1(F)Cc2ccc(C)cc2O1. The largest absolute Gasteiger partial charge is 0.448 e. The first kappa shape index (κ1) is 8.88. The van der Waals surface area contributed by atoms with Crippen LogP contribution in [0.25, 0.3) is 0 Å². The molecule has 0 saturated carbocycles. The molecule has 0 N–H and O–H groups in total. The summed E-state index contributed by atoms with van der Waals surface area (Å²) in [5.41, 5.74) is 2.06. The van der Waals surface area contributed by atoms with Crippen LogP contribution >= 0.6 is 11.8 Å². The van der Waals surface area contributed by atoms with Gasteiger partial charge in [0.05, 0.1) is 6.42 Å². The van der Waals surface area contributed by atoms with E-state index in [4.69, 9.17) is 4.74 Å². The van der Waals surface area contributed by atoms with Crippen molar-refractivity contribution in [3.63, 3.8) is 0 Å². The van der Waals surface area contributed by atoms with Crippen LogP contribution in [0.1, 0.15) is 11.1 Å². The van der Waals surface area contributed by atoms with E-state index in [-0.39, 0.29) is 0 Å². The van der Waals surface area contributed by atoms with Crippen LogP contribution in [0.2, 0.25) is 0 Å². The number of halogens is 1. The molecule has 0 saturated heterocycles. The van der Waals surface area contributed by atoms with E-state index in [2.05, 4.69) is 0 Å². The average Bonchev–Trinajstić information content (AvgIpc) is 2.42. The number of rotatable bonds is 1. The lowest BCUT2D eigenvalue weighted by Crippen LogP contribution is -2.22. The van der Waals surface area contributed by atoms with E-state index in [0.717, 1.165) is 22.9 Å². The van der Waals surface area contributed by atoms with E-state index in [1.54, 1.807) is 6.26 Å². The molecular weight excluding hydrogens is 187 g/mol. The Labute approximate surface area is 81.3 Å². The molecule has 1 aromatic rings. The number of aryl methyl sites for hydroxylation is 1. The fourth-order valence-corrected chi connectivity index (χ4v) is 1.92. The Bertz CT molecular complexity index is 340. The van der Waals surface area contributed by atoms with Crippen molar-refractivity contribution >= 4 is 11.8 Å². The fourth-order valence-electron chi connectivity index (χ4n) is 1.44. The van der Waals surface area contributed by atoms with E-state index in [0.29, 0.717) is 12.2 Å². The van der Waals surface area contributed by atoms with Gasteiger partial charge in [0, 0.05) is 5.56 Å². The average molecular weight is 198 g/mol. The van der Waals surface area contributed by atoms with Gasteiger partial charge >= 0.3 is 5.19 Å². The molecule has 0 aliphatic carbocycles. The third-order valence-electron chi connectivity index (χ3n) is 2.19. The minimum atomic E-state index is -1.55. The number of ether oxygens (including phenoxy) is 1. The zero-order valence-corrected chi connectivity index (χ0v) is 8.45. The van der Waals surface area contributed by atoms with Gasteiger partial charge in [-0.25, -0.2) is 0 Å². The molecule has 1 aliphatic heterocycles. The summed E-state index contributed by atoms with van der Waals surface area (Å²) in [5.74, 6) is 0.692. The molecule has 1 nitrogen and oxygen atoms in total. The van der Waals surface area contributed by atoms with Gasteiger partial charge in [0.2, 0.25) is 0 Å². The van der Waals surface area contributed by atoms with Gasteiger partial charge in [-0.1, -0.05) is 23.9 Å². The van der Waals surface area contributed by atoms with E-state index >= 15 is 0 Å². The van der Waals surface area contributed by atoms with Gasteiger partial charge in [0.1, 0.15) is 5.75 Å². The van der Waals surface area contributed by atoms with E-state index in [9.17, 15) is 4.39 Å². The first-order valence-electron chi connectivity index (χ1n) is 4.15. The van der Waals surface area contributed by atoms with Crippen molar-refractivity contribution in [1.29, 1.82) is 0 Å². The van der Waals surface area contributed by atoms with Crippen LogP contribution in [0, 0.1) is 6.92 Å². The molecule has 0 bridgehead atoms. The molecule has 1 aromatic carbocycles. The minimum absolute atomic E-state index is 0.351. The molecular formula is C10H11FOS. The summed E-state index contributed by atoms with van der Waals surface area (Å²) in [7, 11) is 0. The molecule has 0 aromatic heterocycles. The number of alkyl halides is 1. The van der Waals surface area contributed by atoms with Gasteiger partial charge in [-0.15, -0.1) is 0 Å². The molecule has 0 fully saturated rings. The maximum Gasteiger partial charge on any atom is 0.300 e. The van der Waals surface area contributed by atoms with Gasteiger partial charge in [-0.2, -0.15) is 4.39 Å². The Balaban J connectivity index is 2.35. The van der Waals surface area contributed by atoms with Crippen molar-refractivity contribution in [2.45, 2.75) is 18.5 Å². The second-order valence-electron chi connectivity index (χ2n) is 3.25. The zero-order valence-electron chi connectivity index (χ0n) is 7.63. The molecule has 1 aliphatic rings. The topological polar surface area (TPSA) is 9.23 Å². The molecule has 0 amide bonds. The van der Waals surface area contributed by atoms with Gasteiger partial charge in [0.15, 0.2) is 0 Å². The van der Waals surface area contributed by atoms with Crippen LogP contribution in [0.4, 0.5) is 4.39 Å². The Hall–Kier alpha value is -0.700. The lowest BCUT2D eigenvalue weighted by Gasteiger charge is -2.15. The van der Waals surface area contributed by atoms with Crippen LogP contribution in [-0.2, 0) is 6.42 Å². The maximum atomic E-state index is 13.7. The fraction of sp³-hybridized carbons (Fsp3) is 0.400. The van der Waals surface area contributed by atoms with Gasteiger partial charge < -0.3 is 4.74 Å². The Morgan fingerprint density at radius 2 is 2.31 bits per heavy atom. The lowest BCUT2D eigenvalue weighted by atomic mass is 10.1. The maximum absolute atomic E-state index is 13.7. The first-order valence-corrected chi connectivity index (χ1v) is 5.38. The summed E-state index contributed by atoms with van der Waals surface area (Å²) >= 11 is 1.11. The molecule has 2 rings (SSSR count). The minimum Gasteiger partial charge on any atom is -0.448 e. The van der Waals surface area contributed by atoms with Crippen molar-refractivity contribution in [1.82, 2.24) is 0 Å². The van der Waals surface area contributed by atoms with E-state index in [1.165, 1.54) is 0 Å². The van der Waals surface area contributed by atoms with Crippen LogP contribution in [0.15, 0.2) is 18.2 Å². The molecule has 1 unspecified atom stereocenters. The van der Waals surface area contributed by atoms with Gasteiger partial charge in [-0.3, -0.25) is 0 Å². The zero-order chi connectivity index (χ0) is 9.47. The van der Waals surface area contributed by atoms with Crippen LogP contribution in [-0.4, -0.2) is 11.4 Å². The molecule has 13 heavy (non-hydrogen) atoms. The van der Waals surface area contributed by atoms with Crippen LogP contribution in [0.5, 0.6) is 5.75 Å². The number of hydrogen-bond donors (Lipinski definition) is 0. The normalized spacial score (nSPS) is 25.5. The lowest BCUT2D eigenvalue weighted by molar-refractivity contribution is 0.0530.